The summed E-state index contributed by atoms with van der Waals surface area (Å²) >= 11 is 5.94. The molecule has 27 heavy (non-hydrogen) atoms. The van der Waals surface area contributed by atoms with E-state index in [1.807, 2.05) is 24.3 Å². The number of nitrogens with zero attached hydrogens (tertiary/aromatic N) is 2. The number of nitrogen functional groups attached to an aromatic ring is 1. The molecule has 0 bridgehead atoms. The lowest BCUT2D eigenvalue weighted by Gasteiger charge is -2.19. The Morgan fingerprint density at radius 1 is 1.26 bits per heavy atom. The topological polar surface area (TPSA) is 99.2 Å². The molecule has 2 aromatic rings. The zero-order valence-corrected chi connectivity index (χ0v) is 15.5. The van der Waals surface area contributed by atoms with Crippen molar-refractivity contribution < 1.29 is 9.59 Å². The Morgan fingerprint density at radius 3 is 2.56 bits per heavy atom. The first-order chi connectivity index (χ1) is 12.9. The normalized spacial score (nSPS) is 10.8. The van der Waals surface area contributed by atoms with E-state index in [4.69, 9.17) is 17.3 Å². The summed E-state index contributed by atoms with van der Waals surface area (Å²) in [5, 5.41) is 12.9. The number of benzene rings is 2. The van der Waals surface area contributed by atoms with Crippen LogP contribution in [0.15, 0.2) is 60.3 Å². The van der Waals surface area contributed by atoms with E-state index >= 15 is 0 Å². The molecule has 138 valence electrons. The van der Waals surface area contributed by atoms with Crippen molar-refractivity contribution in [3.63, 3.8) is 0 Å². The molecule has 0 aliphatic rings. The van der Waals surface area contributed by atoms with Gasteiger partial charge in [0.1, 0.15) is 11.6 Å². The first-order valence-corrected chi connectivity index (χ1v) is 8.59. The highest BCUT2D eigenvalue weighted by molar-refractivity contribution is 6.30. The second-order valence-corrected chi connectivity index (χ2v) is 6.19. The van der Waals surface area contributed by atoms with Crippen molar-refractivity contribution in [2.24, 2.45) is 0 Å². The van der Waals surface area contributed by atoms with Gasteiger partial charge in [0.15, 0.2) is 0 Å². The zero-order chi connectivity index (χ0) is 19.8. The third-order valence-electron chi connectivity index (χ3n) is 3.71. The van der Waals surface area contributed by atoms with Crippen molar-refractivity contribution in [2.75, 3.05) is 17.2 Å². The van der Waals surface area contributed by atoms with E-state index in [-0.39, 0.29) is 5.57 Å². The summed E-state index contributed by atoms with van der Waals surface area (Å²) in [6.45, 7) is 1.76. The molecule has 0 saturated heterocycles. The van der Waals surface area contributed by atoms with Crippen LogP contribution in [0.2, 0.25) is 5.02 Å². The first kappa shape index (κ1) is 20.0. The molecule has 0 saturated carbocycles. The van der Waals surface area contributed by atoms with Crippen LogP contribution in [0.5, 0.6) is 0 Å². The number of rotatable bonds is 6. The van der Waals surface area contributed by atoms with Gasteiger partial charge in [-0.05, 0) is 48.4 Å². The van der Waals surface area contributed by atoms with Crippen LogP contribution in [0.1, 0.15) is 12.5 Å². The van der Waals surface area contributed by atoms with Gasteiger partial charge in [-0.25, -0.2) is 4.90 Å². The minimum atomic E-state index is -0.704. The minimum Gasteiger partial charge on any atom is -0.399 e. The van der Waals surface area contributed by atoms with Crippen LogP contribution in [0.3, 0.4) is 0 Å². The highest BCUT2D eigenvalue weighted by Crippen LogP contribution is 2.19. The number of imide groups is 1. The number of anilines is 2. The summed E-state index contributed by atoms with van der Waals surface area (Å²) in [6.07, 6.45) is 1.98. The Kier molecular flexibility index (Phi) is 6.98. The Morgan fingerprint density at radius 2 is 1.96 bits per heavy atom. The quantitative estimate of drug-likeness (QED) is 0.346. The molecular formula is C20H19ClN4O2. The number of nitriles is 1. The van der Waals surface area contributed by atoms with E-state index in [2.05, 4.69) is 5.32 Å². The fourth-order valence-electron chi connectivity index (χ4n) is 2.41. The summed E-state index contributed by atoms with van der Waals surface area (Å²) in [5.74, 6) is -1.20. The molecule has 2 aromatic carbocycles. The molecule has 2 amide bonds. The van der Waals surface area contributed by atoms with Crippen molar-refractivity contribution in [2.45, 2.75) is 13.3 Å². The Labute approximate surface area is 162 Å². The van der Waals surface area contributed by atoms with Gasteiger partial charge in [0.05, 0.1) is 5.69 Å². The van der Waals surface area contributed by atoms with Gasteiger partial charge < -0.3 is 11.1 Å². The number of carbonyl (C=O) groups excluding carboxylic acids is 2. The lowest BCUT2D eigenvalue weighted by molar-refractivity contribution is -0.123. The average Bonchev–Trinajstić information content (AvgIpc) is 2.63. The number of hydrogen-bond donors (Lipinski definition) is 2. The second kappa shape index (κ2) is 9.41. The van der Waals surface area contributed by atoms with E-state index in [9.17, 15) is 14.9 Å². The number of nitrogens with two attached hydrogens (primary N) is 1. The van der Waals surface area contributed by atoms with Gasteiger partial charge in [-0.3, -0.25) is 9.59 Å². The van der Waals surface area contributed by atoms with Crippen LogP contribution in [0, 0.1) is 11.3 Å². The fraction of sp³-hybridized carbons (Fsp3) is 0.150. The van der Waals surface area contributed by atoms with Crippen LogP contribution < -0.4 is 16.0 Å². The molecule has 0 heterocycles. The number of halogens is 1. The smallest absolute Gasteiger partial charge is 0.277 e. The number of nitrogens with one attached hydrogen (secondary N) is 1. The van der Waals surface area contributed by atoms with Crippen molar-refractivity contribution in [3.05, 3.63) is 70.9 Å². The van der Waals surface area contributed by atoms with Crippen molar-refractivity contribution >= 4 is 34.8 Å². The first-order valence-electron chi connectivity index (χ1n) is 8.21. The van der Waals surface area contributed by atoms with Gasteiger partial charge in [-0.2, -0.15) is 5.26 Å². The summed E-state index contributed by atoms with van der Waals surface area (Å²) in [6, 6.07) is 15.5. The van der Waals surface area contributed by atoms with Crippen LogP contribution in [-0.2, 0) is 16.0 Å². The van der Waals surface area contributed by atoms with Crippen molar-refractivity contribution in [1.29, 1.82) is 5.26 Å². The molecule has 0 unspecified atom stereocenters. The summed E-state index contributed by atoms with van der Waals surface area (Å²) < 4.78 is 0. The van der Waals surface area contributed by atoms with Crippen molar-refractivity contribution in [3.8, 4) is 6.07 Å². The Balaban J connectivity index is 2.08. The molecule has 0 aliphatic heterocycles. The van der Waals surface area contributed by atoms with E-state index < -0.39 is 11.8 Å². The molecule has 7 heteroatoms. The third-order valence-corrected chi connectivity index (χ3v) is 3.95. The lowest BCUT2D eigenvalue weighted by Crippen LogP contribution is -2.36. The molecule has 6 nitrogen and oxygen atoms in total. The Hall–Kier alpha value is -3.30. The van der Waals surface area contributed by atoms with Gasteiger partial charge in [-0.15, -0.1) is 0 Å². The van der Waals surface area contributed by atoms with Crippen molar-refractivity contribution in [1.82, 2.24) is 5.32 Å². The fourth-order valence-corrected chi connectivity index (χ4v) is 2.62. The summed E-state index contributed by atoms with van der Waals surface area (Å²) in [5.41, 5.74) is 7.34. The number of carbonyl (C=O) groups is 2. The lowest BCUT2D eigenvalue weighted by atomic mass is 10.1. The van der Waals surface area contributed by atoms with Gasteiger partial charge in [0.25, 0.3) is 5.91 Å². The van der Waals surface area contributed by atoms with E-state index in [0.29, 0.717) is 29.4 Å². The van der Waals surface area contributed by atoms with E-state index in [0.717, 1.165) is 10.5 Å². The predicted octanol–water partition coefficient (Wildman–Crippen LogP) is 3.04. The van der Waals surface area contributed by atoms with Crippen LogP contribution in [-0.4, -0.2) is 18.4 Å². The average molecular weight is 383 g/mol. The molecule has 0 aromatic heterocycles. The maximum absolute atomic E-state index is 12.6. The SMILES string of the molecule is CC(=O)N(C(=O)/C(C#N)=C\NCCc1cccc(Cl)c1)c1ccc(N)cc1. The van der Waals surface area contributed by atoms with Crippen LogP contribution in [0.4, 0.5) is 11.4 Å². The highest BCUT2D eigenvalue weighted by atomic mass is 35.5. The molecular weight excluding hydrogens is 364 g/mol. The molecule has 0 aliphatic carbocycles. The molecule has 2 rings (SSSR count). The number of hydrogen-bond acceptors (Lipinski definition) is 5. The molecule has 3 N–H and O–H groups in total. The largest absolute Gasteiger partial charge is 0.399 e. The minimum absolute atomic E-state index is 0.173. The molecule has 0 radical (unpaired) electrons. The maximum atomic E-state index is 12.6. The highest BCUT2D eigenvalue weighted by Gasteiger charge is 2.23. The summed E-state index contributed by atoms with van der Waals surface area (Å²) in [7, 11) is 0. The second-order valence-electron chi connectivity index (χ2n) is 5.75. The molecule has 0 spiro atoms. The van der Waals surface area contributed by atoms with Gasteiger partial charge in [0, 0.05) is 30.4 Å². The van der Waals surface area contributed by atoms with E-state index in [1.165, 1.54) is 13.1 Å². The predicted molar refractivity (Wildman–Crippen MR) is 106 cm³/mol. The molecule has 0 atom stereocenters. The Bertz CT molecular complexity index is 901. The summed E-state index contributed by atoms with van der Waals surface area (Å²) in [4.78, 5) is 25.5. The monoisotopic (exact) mass is 382 g/mol. The van der Waals surface area contributed by atoms with Crippen LogP contribution >= 0.6 is 11.6 Å². The van der Waals surface area contributed by atoms with Gasteiger partial charge in [0.2, 0.25) is 5.91 Å². The molecule has 0 fully saturated rings. The zero-order valence-electron chi connectivity index (χ0n) is 14.8. The van der Waals surface area contributed by atoms with Gasteiger partial charge >= 0.3 is 0 Å². The third kappa shape index (κ3) is 5.59. The number of amides is 2. The van der Waals surface area contributed by atoms with Gasteiger partial charge in [-0.1, -0.05) is 23.7 Å². The standard InChI is InChI=1S/C20H19ClN4O2/c1-14(26)25(19-7-5-18(23)6-8-19)20(27)16(12-22)13-24-10-9-15-3-2-4-17(21)11-15/h2-8,11,13,24H,9-10,23H2,1H3/b16-13-. The van der Waals surface area contributed by atoms with E-state index in [1.54, 1.807) is 30.3 Å². The maximum Gasteiger partial charge on any atom is 0.277 e. The van der Waals surface area contributed by atoms with Crippen LogP contribution in [0.25, 0.3) is 0 Å².